The SMILES string of the molecule is CNC(Cc1ccc(C(C)C)cc1)c1ccc(Br)c(Cl)c1. The molecule has 0 bridgehead atoms. The fourth-order valence-electron chi connectivity index (χ4n) is 2.39. The summed E-state index contributed by atoms with van der Waals surface area (Å²) in [5, 5.41) is 4.13. The molecule has 0 aliphatic carbocycles. The Labute approximate surface area is 140 Å². The highest BCUT2D eigenvalue weighted by atomic mass is 79.9. The molecule has 0 aromatic heterocycles. The molecule has 2 aromatic carbocycles. The fraction of sp³-hybridized carbons (Fsp3) is 0.333. The van der Waals surface area contributed by atoms with Gasteiger partial charge in [0.25, 0.3) is 0 Å². The predicted molar refractivity (Wildman–Crippen MR) is 95.2 cm³/mol. The van der Waals surface area contributed by atoms with Crippen molar-refractivity contribution in [3.05, 3.63) is 68.7 Å². The first kappa shape index (κ1) is 16.5. The largest absolute Gasteiger partial charge is 0.313 e. The third kappa shape index (κ3) is 4.32. The van der Waals surface area contributed by atoms with Gasteiger partial charge in [0.05, 0.1) is 5.02 Å². The molecule has 1 atom stereocenters. The molecule has 0 fully saturated rings. The lowest BCUT2D eigenvalue weighted by molar-refractivity contribution is 0.592. The van der Waals surface area contributed by atoms with E-state index in [2.05, 4.69) is 65.4 Å². The molecule has 21 heavy (non-hydrogen) atoms. The molecule has 0 aliphatic heterocycles. The molecule has 2 aromatic rings. The molecule has 0 radical (unpaired) electrons. The molecule has 0 saturated carbocycles. The minimum Gasteiger partial charge on any atom is -0.313 e. The van der Waals surface area contributed by atoms with Crippen LogP contribution in [0.25, 0.3) is 0 Å². The molecule has 0 heterocycles. The molecule has 3 heteroatoms. The van der Waals surface area contributed by atoms with Gasteiger partial charge < -0.3 is 5.32 Å². The molecule has 1 nitrogen and oxygen atoms in total. The van der Waals surface area contributed by atoms with Crippen LogP contribution in [0.2, 0.25) is 5.02 Å². The van der Waals surface area contributed by atoms with Crippen LogP contribution >= 0.6 is 27.5 Å². The van der Waals surface area contributed by atoms with Gasteiger partial charge in [-0.3, -0.25) is 0 Å². The maximum atomic E-state index is 6.20. The Kier molecular flexibility index (Phi) is 5.86. The van der Waals surface area contributed by atoms with Crippen LogP contribution in [-0.4, -0.2) is 7.05 Å². The molecular weight excluding hydrogens is 346 g/mol. The molecular formula is C18H21BrClN. The predicted octanol–water partition coefficient (Wildman–Crippen LogP) is 5.73. The van der Waals surface area contributed by atoms with Crippen LogP contribution in [0.3, 0.4) is 0 Å². The fourth-order valence-corrected chi connectivity index (χ4v) is 2.83. The molecule has 2 rings (SSSR count). The Morgan fingerprint density at radius 3 is 2.19 bits per heavy atom. The highest BCUT2D eigenvalue weighted by molar-refractivity contribution is 9.10. The van der Waals surface area contributed by atoms with Gasteiger partial charge in [0.2, 0.25) is 0 Å². The third-order valence-electron chi connectivity index (χ3n) is 3.78. The van der Waals surface area contributed by atoms with Crippen LogP contribution in [-0.2, 0) is 6.42 Å². The van der Waals surface area contributed by atoms with Crippen LogP contribution in [0.15, 0.2) is 46.9 Å². The topological polar surface area (TPSA) is 12.0 Å². The Morgan fingerprint density at radius 2 is 1.67 bits per heavy atom. The van der Waals surface area contributed by atoms with E-state index in [1.54, 1.807) is 0 Å². The van der Waals surface area contributed by atoms with E-state index < -0.39 is 0 Å². The van der Waals surface area contributed by atoms with Crippen molar-refractivity contribution in [2.45, 2.75) is 32.2 Å². The third-order valence-corrected chi connectivity index (χ3v) is 5.01. The van der Waals surface area contributed by atoms with Crippen LogP contribution in [0.4, 0.5) is 0 Å². The van der Waals surface area contributed by atoms with Crippen molar-refractivity contribution in [1.82, 2.24) is 5.32 Å². The number of hydrogen-bond donors (Lipinski definition) is 1. The number of benzene rings is 2. The molecule has 0 aliphatic rings. The maximum Gasteiger partial charge on any atom is 0.0551 e. The quantitative estimate of drug-likeness (QED) is 0.712. The van der Waals surface area contributed by atoms with Gasteiger partial charge in [0.15, 0.2) is 0 Å². The van der Waals surface area contributed by atoms with Crippen LogP contribution in [0, 0.1) is 0 Å². The van der Waals surface area contributed by atoms with Gasteiger partial charge in [-0.25, -0.2) is 0 Å². The number of nitrogens with one attached hydrogen (secondary N) is 1. The Hall–Kier alpha value is -0.830. The maximum absolute atomic E-state index is 6.20. The van der Waals surface area contributed by atoms with Crippen molar-refractivity contribution < 1.29 is 0 Å². The van der Waals surface area contributed by atoms with Gasteiger partial charge >= 0.3 is 0 Å². The van der Waals surface area contributed by atoms with Crippen molar-refractivity contribution in [2.24, 2.45) is 0 Å². The summed E-state index contributed by atoms with van der Waals surface area (Å²) in [5.41, 5.74) is 3.92. The lowest BCUT2D eigenvalue weighted by Crippen LogP contribution is -2.18. The van der Waals surface area contributed by atoms with Crippen LogP contribution < -0.4 is 5.32 Å². The monoisotopic (exact) mass is 365 g/mol. The smallest absolute Gasteiger partial charge is 0.0551 e. The summed E-state index contributed by atoms with van der Waals surface area (Å²) in [4.78, 5) is 0. The average molecular weight is 367 g/mol. The number of halogens is 2. The van der Waals surface area contributed by atoms with Gasteiger partial charge in [0, 0.05) is 10.5 Å². The zero-order valence-electron chi connectivity index (χ0n) is 12.7. The van der Waals surface area contributed by atoms with Crippen molar-refractivity contribution in [1.29, 1.82) is 0 Å². The van der Waals surface area contributed by atoms with E-state index in [1.165, 1.54) is 16.7 Å². The first-order chi connectivity index (χ1) is 10.0. The molecule has 0 amide bonds. The highest BCUT2D eigenvalue weighted by Gasteiger charge is 2.12. The summed E-state index contributed by atoms with van der Waals surface area (Å²) in [6, 6.07) is 15.3. The van der Waals surface area contributed by atoms with E-state index in [9.17, 15) is 0 Å². The highest BCUT2D eigenvalue weighted by Crippen LogP contribution is 2.27. The summed E-state index contributed by atoms with van der Waals surface area (Å²) >= 11 is 9.64. The van der Waals surface area contributed by atoms with E-state index in [0.29, 0.717) is 5.92 Å². The van der Waals surface area contributed by atoms with Crippen LogP contribution in [0.1, 0.15) is 42.5 Å². The lowest BCUT2D eigenvalue weighted by atomic mass is 9.96. The van der Waals surface area contributed by atoms with E-state index in [0.717, 1.165) is 15.9 Å². The van der Waals surface area contributed by atoms with Crippen molar-refractivity contribution in [2.75, 3.05) is 7.05 Å². The second-order valence-electron chi connectivity index (χ2n) is 5.62. The first-order valence-corrected chi connectivity index (χ1v) is 8.39. The minimum atomic E-state index is 0.264. The molecule has 112 valence electrons. The first-order valence-electron chi connectivity index (χ1n) is 7.22. The van der Waals surface area contributed by atoms with Gasteiger partial charge in [-0.15, -0.1) is 0 Å². The normalized spacial score (nSPS) is 12.7. The summed E-state index contributed by atoms with van der Waals surface area (Å²) in [7, 11) is 1.99. The Balaban J connectivity index is 2.16. The van der Waals surface area contributed by atoms with Crippen LogP contribution in [0.5, 0.6) is 0 Å². The summed E-state index contributed by atoms with van der Waals surface area (Å²) in [6.45, 7) is 4.43. The second-order valence-corrected chi connectivity index (χ2v) is 6.88. The number of likely N-dealkylation sites (N-methyl/N-ethyl adjacent to an activating group) is 1. The van der Waals surface area contributed by atoms with Crippen molar-refractivity contribution in [3.8, 4) is 0 Å². The van der Waals surface area contributed by atoms with E-state index in [1.807, 2.05) is 19.2 Å². The van der Waals surface area contributed by atoms with Crippen molar-refractivity contribution in [3.63, 3.8) is 0 Å². The molecule has 1 N–H and O–H groups in total. The van der Waals surface area contributed by atoms with Gasteiger partial charge in [-0.2, -0.15) is 0 Å². The zero-order chi connectivity index (χ0) is 15.4. The van der Waals surface area contributed by atoms with Gasteiger partial charge in [-0.1, -0.05) is 55.8 Å². The van der Waals surface area contributed by atoms with Gasteiger partial charge in [0.1, 0.15) is 0 Å². The Morgan fingerprint density at radius 1 is 1.05 bits per heavy atom. The molecule has 1 unspecified atom stereocenters. The van der Waals surface area contributed by atoms with E-state index in [-0.39, 0.29) is 6.04 Å². The second kappa shape index (κ2) is 7.44. The van der Waals surface area contributed by atoms with E-state index in [4.69, 9.17) is 11.6 Å². The molecule has 0 spiro atoms. The minimum absolute atomic E-state index is 0.264. The Bertz CT molecular complexity index is 593. The number of rotatable bonds is 5. The summed E-state index contributed by atoms with van der Waals surface area (Å²) in [6.07, 6.45) is 0.951. The summed E-state index contributed by atoms with van der Waals surface area (Å²) < 4.78 is 0.934. The van der Waals surface area contributed by atoms with E-state index >= 15 is 0 Å². The standard InChI is InChI=1S/C18H21BrClN/c1-12(2)14-6-4-13(5-7-14)10-18(21-3)15-8-9-16(19)17(20)11-15/h4-9,11-12,18,21H,10H2,1-3H3. The average Bonchev–Trinajstić information content (AvgIpc) is 2.48. The van der Waals surface area contributed by atoms with Crippen molar-refractivity contribution >= 4 is 27.5 Å². The lowest BCUT2D eigenvalue weighted by Gasteiger charge is -2.18. The number of hydrogen-bond acceptors (Lipinski definition) is 1. The zero-order valence-corrected chi connectivity index (χ0v) is 15.0. The van der Waals surface area contributed by atoms with Gasteiger partial charge in [-0.05, 0) is 64.1 Å². The summed E-state index contributed by atoms with van der Waals surface area (Å²) in [5.74, 6) is 0.574. The molecule has 0 saturated heterocycles.